The van der Waals surface area contributed by atoms with E-state index in [1.807, 2.05) is 11.0 Å². The zero-order valence-electron chi connectivity index (χ0n) is 11.3. The largest absolute Gasteiger partial charge is 0.476 e. The number of nitrogens with two attached hydrogens (primary N) is 1. The van der Waals surface area contributed by atoms with Gasteiger partial charge in [-0.25, -0.2) is 8.42 Å². The molecule has 2 heterocycles. The number of pyridine rings is 1. The molecule has 1 aliphatic heterocycles. The highest BCUT2D eigenvalue weighted by Crippen LogP contribution is 2.31. The van der Waals surface area contributed by atoms with Crippen LogP contribution in [0.3, 0.4) is 0 Å². The molecule has 1 aromatic rings. The van der Waals surface area contributed by atoms with E-state index in [1.54, 1.807) is 6.07 Å². The lowest BCUT2D eigenvalue weighted by Crippen LogP contribution is -2.40. The Morgan fingerprint density at radius 3 is 2.65 bits per heavy atom. The fourth-order valence-corrected chi connectivity index (χ4v) is 3.36. The molecule has 0 spiro atoms. The van der Waals surface area contributed by atoms with Crippen LogP contribution in [0, 0.1) is 5.92 Å². The lowest BCUT2D eigenvalue weighted by Gasteiger charge is -2.28. The third-order valence-electron chi connectivity index (χ3n) is 3.70. The summed E-state index contributed by atoms with van der Waals surface area (Å²) in [6.07, 6.45) is 2.42. The van der Waals surface area contributed by atoms with Crippen molar-refractivity contribution in [3.05, 3.63) is 12.1 Å². The van der Waals surface area contributed by atoms with Gasteiger partial charge in [0.1, 0.15) is 5.82 Å². The van der Waals surface area contributed by atoms with E-state index in [0.29, 0.717) is 37.2 Å². The second-order valence-corrected chi connectivity index (χ2v) is 7.76. The van der Waals surface area contributed by atoms with Crippen molar-refractivity contribution in [2.45, 2.75) is 12.8 Å². The second kappa shape index (κ2) is 5.12. The van der Waals surface area contributed by atoms with E-state index in [0.717, 1.165) is 5.82 Å². The first kappa shape index (κ1) is 13.5. The number of nitrogens with zero attached hydrogens (tertiary/aromatic N) is 2. The smallest absolute Gasteiger partial charge is 0.239 e. The molecule has 0 unspecified atom stereocenters. The Labute approximate surface area is 118 Å². The van der Waals surface area contributed by atoms with E-state index in [2.05, 4.69) is 4.98 Å². The second-order valence-electron chi connectivity index (χ2n) is 5.46. The van der Waals surface area contributed by atoms with Gasteiger partial charge in [-0.05, 0) is 30.9 Å². The highest BCUT2D eigenvalue weighted by atomic mass is 32.2. The van der Waals surface area contributed by atoms with Crippen LogP contribution in [0.15, 0.2) is 12.1 Å². The molecule has 2 fully saturated rings. The summed E-state index contributed by atoms with van der Waals surface area (Å²) < 4.78 is 28.5. The number of hydrogen-bond acceptors (Lipinski definition) is 6. The first-order valence-corrected chi connectivity index (χ1v) is 8.70. The number of rotatable bonds is 4. The number of nitrogen functional groups attached to an aromatic ring is 1. The van der Waals surface area contributed by atoms with E-state index in [-0.39, 0.29) is 11.5 Å². The monoisotopic (exact) mass is 297 g/mol. The van der Waals surface area contributed by atoms with Crippen molar-refractivity contribution in [1.29, 1.82) is 0 Å². The molecule has 0 radical (unpaired) electrons. The molecule has 2 N–H and O–H groups in total. The van der Waals surface area contributed by atoms with Crippen molar-refractivity contribution < 1.29 is 13.2 Å². The predicted octanol–water partition coefficient (Wildman–Crippen LogP) is 0.687. The third kappa shape index (κ3) is 3.15. The molecule has 0 amide bonds. The Morgan fingerprint density at radius 1 is 1.30 bits per heavy atom. The molecule has 7 heteroatoms. The van der Waals surface area contributed by atoms with E-state index >= 15 is 0 Å². The summed E-state index contributed by atoms with van der Waals surface area (Å²) in [7, 11) is -2.88. The molecule has 0 bridgehead atoms. The Bertz CT molecular complexity index is 585. The van der Waals surface area contributed by atoms with Gasteiger partial charge in [-0.1, -0.05) is 0 Å². The highest BCUT2D eigenvalue weighted by molar-refractivity contribution is 7.91. The van der Waals surface area contributed by atoms with Crippen molar-refractivity contribution >= 4 is 21.3 Å². The molecule has 1 saturated carbocycles. The molecule has 6 nitrogen and oxygen atoms in total. The Hall–Kier alpha value is -1.50. The summed E-state index contributed by atoms with van der Waals surface area (Å²) >= 11 is 0. The first-order valence-electron chi connectivity index (χ1n) is 6.88. The number of sulfone groups is 1. The van der Waals surface area contributed by atoms with Crippen LogP contribution in [-0.2, 0) is 9.84 Å². The number of hydrogen-bond donors (Lipinski definition) is 1. The van der Waals surface area contributed by atoms with Crippen LogP contribution in [0.4, 0.5) is 11.5 Å². The molecule has 0 aromatic carbocycles. The lowest BCUT2D eigenvalue weighted by molar-refractivity contribution is 0.290. The van der Waals surface area contributed by atoms with Crippen LogP contribution in [0.5, 0.6) is 5.88 Å². The molecule has 110 valence electrons. The number of aromatic nitrogens is 1. The molecule has 3 rings (SSSR count). The van der Waals surface area contributed by atoms with Crippen LogP contribution in [-0.4, -0.2) is 44.6 Å². The minimum atomic E-state index is -2.88. The van der Waals surface area contributed by atoms with Crippen molar-refractivity contribution in [2.75, 3.05) is 41.8 Å². The summed E-state index contributed by atoms with van der Waals surface area (Å²) in [5, 5.41) is 0. The SMILES string of the molecule is Nc1ccc(N2CCS(=O)(=O)CC2)nc1OCC1CC1. The van der Waals surface area contributed by atoms with E-state index in [4.69, 9.17) is 10.5 Å². The number of ether oxygens (including phenoxy) is 1. The quantitative estimate of drug-likeness (QED) is 0.880. The van der Waals surface area contributed by atoms with Crippen molar-refractivity contribution in [1.82, 2.24) is 4.98 Å². The molecule has 1 saturated heterocycles. The van der Waals surface area contributed by atoms with Gasteiger partial charge >= 0.3 is 0 Å². The highest BCUT2D eigenvalue weighted by Gasteiger charge is 2.24. The summed E-state index contributed by atoms with van der Waals surface area (Å²) in [5.41, 5.74) is 6.39. The molecular weight excluding hydrogens is 278 g/mol. The Balaban J connectivity index is 1.71. The van der Waals surface area contributed by atoms with Crippen molar-refractivity contribution in [2.24, 2.45) is 5.92 Å². The average molecular weight is 297 g/mol. The van der Waals surface area contributed by atoms with Gasteiger partial charge in [0.25, 0.3) is 0 Å². The van der Waals surface area contributed by atoms with E-state index < -0.39 is 9.84 Å². The van der Waals surface area contributed by atoms with Crippen molar-refractivity contribution in [3.8, 4) is 5.88 Å². The predicted molar refractivity (Wildman–Crippen MR) is 77.7 cm³/mol. The van der Waals surface area contributed by atoms with Gasteiger partial charge in [0.2, 0.25) is 5.88 Å². The zero-order chi connectivity index (χ0) is 14.2. The van der Waals surface area contributed by atoms with Crippen LogP contribution < -0.4 is 15.4 Å². The van der Waals surface area contributed by atoms with Gasteiger partial charge in [-0.2, -0.15) is 4.98 Å². The molecule has 0 atom stereocenters. The van der Waals surface area contributed by atoms with Gasteiger partial charge in [-0.3, -0.25) is 0 Å². The van der Waals surface area contributed by atoms with E-state index in [1.165, 1.54) is 12.8 Å². The normalized spacial score (nSPS) is 21.7. The summed E-state index contributed by atoms with van der Waals surface area (Å²) in [5.74, 6) is 2.19. The van der Waals surface area contributed by atoms with Crippen LogP contribution in [0.25, 0.3) is 0 Å². The minimum absolute atomic E-state index is 0.178. The lowest BCUT2D eigenvalue weighted by atomic mass is 10.3. The zero-order valence-corrected chi connectivity index (χ0v) is 12.1. The molecule has 1 aromatic heterocycles. The summed E-state index contributed by atoms with van der Waals surface area (Å²) in [6.45, 7) is 1.61. The molecular formula is C13H19N3O3S. The fourth-order valence-electron chi connectivity index (χ4n) is 2.16. The standard InChI is InChI=1S/C13H19N3O3S/c14-11-3-4-12(15-13(11)19-9-10-1-2-10)16-5-7-20(17,18)8-6-16/h3-4,10H,1-2,5-9,14H2. The van der Waals surface area contributed by atoms with Gasteiger partial charge in [0, 0.05) is 13.1 Å². The summed E-state index contributed by atoms with van der Waals surface area (Å²) in [4.78, 5) is 6.39. The molecule has 20 heavy (non-hydrogen) atoms. The minimum Gasteiger partial charge on any atom is -0.476 e. The topological polar surface area (TPSA) is 85.5 Å². The van der Waals surface area contributed by atoms with Gasteiger partial charge in [0.05, 0.1) is 23.8 Å². The maximum absolute atomic E-state index is 11.4. The van der Waals surface area contributed by atoms with Gasteiger partial charge in [-0.15, -0.1) is 0 Å². The molecule has 1 aliphatic carbocycles. The van der Waals surface area contributed by atoms with Gasteiger partial charge < -0.3 is 15.4 Å². The average Bonchev–Trinajstić information content (AvgIpc) is 3.22. The van der Waals surface area contributed by atoms with Crippen LogP contribution in [0.2, 0.25) is 0 Å². The molecule has 2 aliphatic rings. The Morgan fingerprint density at radius 2 is 2.00 bits per heavy atom. The van der Waals surface area contributed by atoms with Crippen LogP contribution >= 0.6 is 0 Å². The van der Waals surface area contributed by atoms with Crippen LogP contribution in [0.1, 0.15) is 12.8 Å². The third-order valence-corrected chi connectivity index (χ3v) is 5.31. The summed E-state index contributed by atoms with van der Waals surface area (Å²) in [6, 6.07) is 3.59. The first-order chi connectivity index (χ1) is 9.53. The fraction of sp³-hybridized carbons (Fsp3) is 0.615. The maximum Gasteiger partial charge on any atom is 0.239 e. The van der Waals surface area contributed by atoms with Gasteiger partial charge in [0.15, 0.2) is 9.84 Å². The van der Waals surface area contributed by atoms with E-state index in [9.17, 15) is 8.42 Å². The van der Waals surface area contributed by atoms with Crippen molar-refractivity contribution in [3.63, 3.8) is 0 Å². The maximum atomic E-state index is 11.4. The number of anilines is 2. The Kier molecular flexibility index (Phi) is 3.45.